The van der Waals surface area contributed by atoms with E-state index in [0.29, 0.717) is 10.9 Å². The van der Waals surface area contributed by atoms with Crippen LogP contribution in [-0.2, 0) is 5.54 Å². The van der Waals surface area contributed by atoms with Crippen LogP contribution in [0.4, 0.5) is 5.95 Å². The Morgan fingerprint density at radius 2 is 1.96 bits per heavy atom. The molecule has 2 N–H and O–H groups in total. The van der Waals surface area contributed by atoms with E-state index < -0.39 is 5.91 Å². The smallest absolute Gasteiger partial charge is 0.278 e. The Kier molecular flexibility index (Phi) is 3.71. The van der Waals surface area contributed by atoms with E-state index in [1.165, 1.54) is 0 Å². The van der Waals surface area contributed by atoms with Crippen molar-refractivity contribution in [2.45, 2.75) is 33.2 Å². The molecule has 2 aromatic heterocycles. The maximum Gasteiger partial charge on any atom is 0.278 e. The van der Waals surface area contributed by atoms with Crippen LogP contribution in [0.5, 0.6) is 0 Å². The molecule has 0 aliphatic rings. The van der Waals surface area contributed by atoms with Crippen LogP contribution in [0.1, 0.15) is 37.0 Å². The Hall–Kier alpha value is -2.96. The van der Waals surface area contributed by atoms with Gasteiger partial charge >= 0.3 is 0 Å². The maximum atomic E-state index is 12.4. The Morgan fingerprint density at radius 1 is 1.25 bits per heavy atom. The van der Waals surface area contributed by atoms with Crippen LogP contribution in [0.3, 0.4) is 0 Å². The molecule has 7 nitrogen and oxygen atoms in total. The number of aryl methyl sites for hydroxylation is 1. The minimum Gasteiger partial charge on any atom is -0.292 e. The van der Waals surface area contributed by atoms with E-state index in [0.717, 1.165) is 5.69 Å². The van der Waals surface area contributed by atoms with E-state index in [9.17, 15) is 9.59 Å². The number of benzene rings is 1. The number of nitrogens with zero attached hydrogens (tertiary/aromatic N) is 3. The van der Waals surface area contributed by atoms with Gasteiger partial charge in [-0.25, -0.2) is 4.98 Å². The zero-order valence-corrected chi connectivity index (χ0v) is 14.0. The van der Waals surface area contributed by atoms with Crippen LogP contribution in [-0.4, -0.2) is 25.7 Å². The van der Waals surface area contributed by atoms with Crippen LogP contribution >= 0.6 is 0 Å². The number of hydrogen-bond donors (Lipinski definition) is 2. The van der Waals surface area contributed by atoms with Crippen LogP contribution in [0.2, 0.25) is 0 Å². The van der Waals surface area contributed by atoms with Gasteiger partial charge in [0.1, 0.15) is 0 Å². The van der Waals surface area contributed by atoms with Gasteiger partial charge in [-0.1, -0.05) is 12.1 Å². The highest BCUT2D eigenvalue weighted by Crippen LogP contribution is 2.17. The second-order valence-electron chi connectivity index (χ2n) is 6.64. The summed E-state index contributed by atoms with van der Waals surface area (Å²) in [7, 11) is 0. The first-order valence-corrected chi connectivity index (χ1v) is 7.63. The number of carbonyl (C=O) groups excluding carboxylic acids is 1. The first kappa shape index (κ1) is 15.9. The molecule has 0 atom stereocenters. The number of nitrogens with one attached hydrogen (secondary N) is 2. The largest absolute Gasteiger partial charge is 0.292 e. The first-order chi connectivity index (χ1) is 11.3. The molecule has 0 aliphatic carbocycles. The van der Waals surface area contributed by atoms with Crippen LogP contribution in [0.25, 0.3) is 10.9 Å². The van der Waals surface area contributed by atoms with Gasteiger partial charge < -0.3 is 0 Å². The highest BCUT2D eigenvalue weighted by Gasteiger charge is 2.20. The number of H-pyrrole nitrogens is 1. The molecule has 0 fully saturated rings. The van der Waals surface area contributed by atoms with Gasteiger partial charge in [0.05, 0.1) is 16.4 Å². The molecule has 0 aliphatic heterocycles. The molecule has 0 saturated heterocycles. The summed E-state index contributed by atoms with van der Waals surface area (Å²) in [4.78, 5) is 31.3. The van der Waals surface area contributed by atoms with E-state index in [2.05, 4.69) is 20.4 Å². The molecular weight excluding hydrogens is 306 g/mol. The number of anilines is 1. The Bertz CT molecular complexity index is 979. The summed E-state index contributed by atoms with van der Waals surface area (Å²) in [5, 5.41) is 7.42. The monoisotopic (exact) mass is 325 g/mol. The standard InChI is InChI=1S/C17H19N5O2/c1-10-9-13(21-22(10)17(2,3)4)15(24)20-16-18-12-8-6-5-7-11(12)14(23)19-16/h5-9H,1-4H3,(H2,18,19,20,23,24). The van der Waals surface area contributed by atoms with Crippen molar-refractivity contribution in [1.29, 1.82) is 0 Å². The average Bonchev–Trinajstić information content (AvgIpc) is 2.89. The molecule has 0 spiro atoms. The molecule has 7 heteroatoms. The zero-order valence-electron chi connectivity index (χ0n) is 14.0. The van der Waals surface area contributed by atoms with Gasteiger partial charge in [-0.05, 0) is 45.9 Å². The Morgan fingerprint density at radius 3 is 2.62 bits per heavy atom. The van der Waals surface area contributed by atoms with E-state index >= 15 is 0 Å². The fourth-order valence-electron chi connectivity index (χ4n) is 2.58. The lowest BCUT2D eigenvalue weighted by Gasteiger charge is -2.21. The van der Waals surface area contributed by atoms with Gasteiger partial charge in [0, 0.05) is 5.69 Å². The molecule has 0 bridgehead atoms. The summed E-state index contributed by atoms with van der Waals surface area (Å²) in [5.41, 5.74) is 1.16. The predicted octanol–water partition coefficient (Wildman–Crippen LogP) is 2.44. The summed E-state index contributed by atoms with van der Waals surface area (Å²) >= 11 is 0. The van der Waals surface area contributed by atoms with Crippen LogP contribution in [0.15, 0.2) is 35.1 Å². The second-order valence-corrected chi connectivity index (χ2v) is 6.64. The van der Waals surface area contributed by atoms with Crippen molar-refractivity contribution in [2.24, 2.45) is 0 Å². The molecule has 2 heterocycles. The number of para-hydroxylation sites is 1. The lowest BCUT2D eigenvalue weighted by molar-refractivity contribution is 0.102. The predicted molar refractivity (Wildman–Crippen MR) is 92.3 cm³/mol. The molecule has 124 valence electrons. The van der Waals surface area contributed by atoms with Gasteiger partial charge in [-0.3, -0.25) is 24.6 Å². The third kappa shape index (κ3) is 2.92. The van der Waals surface area contributed by atoms with Crippen molar-refractivity contribution in [3.63, 3.8) is 0 Å². The minimum atomic E-state index is -0.417. The second kappa shape index (κ2) is 5.59. The van der Waals surface area contributed by atoms with Gasteiger partial charge in [-0.15, -0.1) is 0 Å². The van der Waals surface area contributed by atoms with E-state index in [1.54, 1.807) is 35.0 Å². The highest BCUT2D eigenvalue weighted by atomic mass is 16.2. The topological polar surface area (TPSA) is 92.7 Å². The van der Waals surface area contributed by atoms with Crippen molar-refractivity contribution >= 4 is 22.8 Å². The normalized spacial score (nSPS) is 11.7. The minimum absolute atomic E-state index is 0.103. The van der Waals surface area contributed by atoms with Crippen LogP contribution in [0, 0.1) is 6.92 Å². The first-order valence-electron chi connectivity index (χ1n) is 7.63. The van der Waals surface area contributed by atoms with Crippen molar-refractivity contribution in [1.82, 2.24) is 19.7 Å². The van der Waals surface area contributed by atoms with Crippen LogP contribution < -0.4 is 10.9 Å². The quantitative estimate of drug-likeness (QED) is 0.757. The fourth-order valence-corrected chi connectivity index (χ4v) is 2.58. The number of aromatic nitrogens is 4. The summed E-state index contributed by atoms with van der Waals surface area (Å²) in [5.74, 6) is -0.314. The fraction of sp³-hybridized carbons (Fsp3) is 0.294. The molecule has 1 aromatic carbocycles. The Balaban J connectivity index is 1.92. The molecule has 0 unspecified atom stereocenters. The molecule has 3 rings (SSSR count). The van der Waals surface area contributed by atoms with Crippen molar-refractivity contribution in [3.05, 3.63) is 52.1 Å². The number of carbonyl (C=O) groups is 1. The average molecular weight is 325 g/mol. The number of aromatic amines is 1. The molecule has 24 heavy (non-hydrogen) atoms. The highest BCUT2D eigenvalue weighted by molar-refractivity contribution is 6.02. The van der Waals surface area contributed by atoms with Gasteiger partial charge in [-0.2, -0.15) is 5.10 Å². The molecule has 1 amide bonds. The number of rotatable bonds is 2. The molecule has 0 radical (unpaired) electrons. The van der Waals surface area contributed by atoms with Crippen molar-refractivity contribution < 1.29 is 4.79 Å². The third-order valence-electron chi connectivity index (χ3n) is 3.60. The van der Waals surface area contributed by atoms with Gasteiger partial charge in [0.25, 0.3) is 11.5 Å². The number of hydrogen-bond acceptors (Lipinski definition) is 4. The van der Waals surface area contributed by atoms with E-state index in [1.807, 2.05) is 27.7 Å². The molecule has 3 aromatic rings. The summed E-state index contributed by atoms with van der Waals surface area (Å²) < 4.78 is 1.79. The maximum absolute atomic E-state index is 12.4. The van der Waals surface area contributed by atoms with Gasteiger partial charge in [0.15, 0.2) is 5.69 Å². The third-order valence-corrected chi connectivity index (χ3v) is 3.60. The number of fused-ring (bicyclic) bond motifs is 1. The molecule has 0 saturated carbocycles. The zero-order chi connectivity index (χ0) is 17.5. The Labute approximate surface area is 138 Å². The lowest BCUT2D eigenvalue weighted by atomic mass is 10.1. The summed E-state index contributed by atoms with van der Waals surface area (Å²) in [6, 6.07) is 8.66. The van der Waals surface area contributed by atoms with Crippen molar-refractivity contribution in [3.8, 4) is 0 Å². The van der Waals surface area contributed by atoms with E-state index in [-0.39, 0.29) is 22.7 Å². The molecular formula is C17H19N5O2. The SMILES string of the molecule is Cc1cc(C(=O)Nc2nc3ccccc3c(=O)[nH]2)nn1C(C)(C)C. The summed E-state index contributed by atoms with van der Waals surface area (Å²) in [6.07, 6.45) is 0. The van der Waals surface area contributed by atoms with Gasteiger partial charge in [0.2, 0.25) is 5.95 Å². The summed E-state index contributed by atoms with van der Waals surface area (Å²) in [6.45, 7) is 7.93. The number of amides is 1. The lowest BCUT2D eigenvalue weighted by Crippen LogP contribution is -2.25. The van der Waals surface area contributed by atoms with Crippen molar-refractivity contribution in [2.75, 3.05) is 5.32 Å². The van der Waals surface area contributed by atoms with E-state index in [4.69, 9.17) is 0 Å².